The number of nitrogens with zero attached hydrogens (tertiary/aromatic N) is 1. The van der Waals surface area contributed by atoms with E-state index in [-0.39, 0.29) is 12.1 Å². The summed E-state index contributed by atoms with van der Waals surface area (Å²) in [4.78, 5) is 16.6. The summed E-state index contributed by atoms with van der Waals surface area (Å²) < 4.78 is 5.64. The minimum Gasteiger partial charge on any atom is -0.459 e. The summed E-state index contributed by atoms with van der Waals surface area (Å²) in [7, 11) is 0. The first-order valence-corrected chi connectivity index (χ1v) is 7.46. The van der Waals surface area contributed by atoms with Crippen molar-refractivity contribution in [3.05, 3.63) is 54.4 Å². The van der Waals surface area contributed by atoms with Crippen molar-refractivity contribution < 1.29 is 9.53 Å². The van der Waals surface area contributed by atoms with Crippen LogP contribution in [-0.4, -0.2) is 17.1 Å². The van der Waals surface area contributed by atoms with Crippen molar-refractivity contribution >= 4 is 5.97 Å². The van der Waals surface area contributed by atoms with Gasteiger partial charge in [0.25, 0.3) is 0 Å². The van der Waals surface area contributed by atoms with E-state index in [2.05, 4.69) is 4.98 Å². The van der Waals surface area contributed by atoms with Crippen LogP contribution in [0.3, 0.4) is 0 Å². The average molecular weight is 281 g/mol. The zero-order valence-electron chi connectivity index (χ0n) is 12.2. The van der Waals surface area contributed by atoms with Crippen LogP contribution in [0.15, 0.2) is 48.8 Å². The third kappa shape index (κ3) is 2.97. The van der Waals surface area contributed by atoms with E-state index < -0.39 is 0 Å². The Morgan fingerprint density at radius 1 is 1.24 bits per heavy atom. The van der Waals surface area contributed by atoms with E-state index in [4.69, 9.17) is 4.74 Å². The summed E-state index contributed by atoms with van der Waals surface area (Å²) in [6.45, 7) is 1.99. The number of hydrogen-bond acceptors (Lipinski definition) is 3. The molecule has 0 saturated heterocycles. The smallest absolute Gasteiger partial charge is 0.339 e. The van der Waals surface area contributed by atoms with Gasteiger partial charge in [-0.05, 0) is 37.3 Å². The number of aromatic nitrogens is 1. The van der Waals surface area contributed by atoms with Crippen LogP contribution in [0.2, 0.25) is 0 Å². The fraction of sp³-hybridized carbons (Fsp3) is 0.333. The summed E-state index contributed by atoms with van der Waals surface area (Å²) in [6, 6.07) is 11.5. The molecule has 2 aromatic rings. The maximum atomic E-state index is 12.4. The minimum absolute atomic E-state index is 0.0111. The molecule has 0 N–H and O–H groups in total. The van der Waals surface area contributed by atoms with Crippen molar-refractivity contribution in [2.24, 2.45) is 5.92 Å². The molecular weight excluding hydrogens is 262 g/mol. The second-order valence-electron chi connectivity index (χ2n) is 5.59. The highest BCUT2D eigenvalue weighted by molar-refractivity contribution is 5.97. The van der Waals surface area contributed by atoms with E-state index in [0.717, 1.165) is 24.0 Å². The molecule has 0 bridgehead atoms. The van der Waals surface area contributed by atoms with Gasteiger partial charge in [-0.25, -0.2) is 4.79 Å². The van der Waals surface area contributed by atoms with Crippen LogP contribution in [0.25, 0.3) is 11.1 Å². The Morgan fingerprint density at radius 2 is 2.00 bits per heavy atom. The minimum atomic E-state index is -0.254. The summed E-state index contributed by atoms with van der Waals surface area (Å²) in [5.74, 6) is 0.270. The highest BCUT2D eigenvalue weighted by Crippen LogP contribution is 2.32. The molecule has 1 aliphatic rings. The summed E-state index contributed by atoms with van der Waals surface area (Å²) in [5.41, 5.74) is 2.39. The molecule has 0 amide bonds. The SMILES string of the molecule is C[C@@H](OC(=O)c1ccncc1-c1ccccc1)C1CCC1. The van der Waals surface area contributed by atoms with Crippen LogP contribution in [0.5, 0.6) is 0 Å². The topological polar surface area (TPSA) is 39.2 Å². The van der Waals surface area contributed by atoms with E-state index >= 15 is 0 Å². The second-order valence-corrected chi connectivity index (χ2v) is 5.59. The molecule has 1 saturated carbocycles. The van der Waals surface area contributed by atoms with Gasteiger partial charge in [0, 0.05) is 18.0 Å². The average Bonchev–Trinajstić information content (AvgIpc) is 2.46. The second kappa shape index (κ2) is 6.08. The molecule has 108 valence electrons. The fourth-order valence-electron chi connectivity index (χ4n) is 2.66. The van der Waals surface area contributed by atoms with Crippen LogP contribution >= 0.6 is 0 Å². The zero-order chi connectivity index (χ0) is 14.7. The maximum Gasteiger partial charge on any atom is 0.339 e. The number of rotatable bonds is 4. The summed E-state index contributed by atoms with van der Waals surface area (Å²) in [5, 5.41) is 0. The number of carbonyl (C=O) groups is 1. The van der Waals surface area contributed by atoms with Gasteiger partial charge in [0.05, 0.1) is 5.56 Å². The first-order valence-electron chi connectivity index (χ1n) is 7.46. The highest BCUT2D eigenvalue weighted by Gasteiger charge is 2.27. The van der Waals surface area contributed by atoms with Crippen LogP contribution in [0.1, 0.15) is 36.5 Å². The number of benzene rings is 1. The molecule has 1 aromatic heterocycles. The van der Waals surface area contributed by atoms with Crippen LogP contribution in [0.4, 0.5) is 0 Å². The van der Waals surface area contributed by atoms with E-state index in [1.807, 2.05) is 37.3 Å². The molecule has 3 rings (SSSR count). The van der Waals surface area contributed by atoms with Crippen molar-refractivity contribution in [1.29, 1.82) is 0 Å². The Hall–Kier alpha value is -2.16. The Balaban J connectivity index is 1.83. The highest BCUT2D eigenvalue weighted by atomic mass is 16.5. The Kier molecular flexibility index (Phi) is 4.00. The monoisotopic (exact) mass is 281 g/mol. The number of carbonyl (C=O) groups excluding carboxylic acids is 1. The normalized spacial score (nSPS) is 16.0. The van der Waals surface area contributed by atoms with Gasteiger partial charge >= 0.3 is 5.97 Å². The Bertz CT molecular complexity index is 620. The van der Waals surface area contributed by atoms with Crippen molar-refractivity contribution in [2.45, 2.75) is 32.3 Å². The lowest BCUT2D eigenvalue weighted by Crippen LogP contribution is -2.29. The van der Waals surface area contributed by atoms with Gasteiger partial charge < -0.3 is 4.74 Å². The maximum absolute atomic E-state index is 12.4. The molecule has 1 heterocycles. The predicted molar refractivity (Wildman–Crippen MR) is 81.9 cm³/mol. The van der Waals surface area contributed by atoms with Gasteiger partial charge in [0.1, 0.15) is 6.10 Å². The lowest BCUT2D eigenvalue weighted by molar-refractivity contribution is 0.00667. The largest absolute Gasteiger partial charge is 0.459 e. The quantitative estimate of drug-likeness (QED) is 0.792. The molecule has 1 aliphatic carbocycles. The van der Waals surface area contributed by atoms with Crippen LogP contribution < -0.4 is 0 Å². The van der Waals surface area contributed by atoms with Gasteiger partial charge in [0.2, 0.25) is 0 Å². The number of ether oxygens (including phenoxy) is 1. The van der Waals surface area contributed by atoms with E-state index in [1.165, 1.54) is 6.42 Å². The molecular formula is C18H19NO2. The van der Waals surface area contributed by atoms with Crippen molar-refractivity contribution in [3.8, 4) is 11.1 Å². The summed E-state index contributed by atoms with van der Waals surface area (Å²) in [6.07, 6.45) is 6.92. The fourth-order valence-corrected chi connectivity index (χ4v) is 2.66. The van der Waals surface area contributed by atoms with Crippen LogP contribution in [-0.2, 0) is 4.74 Å². The van der Waals surface area contributed by atoms with E-state index in [1.54, 1.807) is 18.5 Å². The molecule has 0 spiro atoms. The van der Waals surface area contributed by atoms with Crippen molar-refractivity contribution in [1.82, 2.24) is 4.98 Å². The van der Waals surface area contributed by atoms with Gasteiger partial charge in [0.15, 0.2) is 0 Å². The van der Waals surface area contributed by atoms with E-state index in [9.17, 15) is 4.79 Å². The standard InChI is InChI=1S/C18H19NO2/c1-13(14-8-5-9-14)21-18(20)16-10-11-19-12-17(16)15-6-3-2-4-7-15/h2-4,6-7,10-14H,5,8-9H2,1H3/t13-/m1/s1. The van der Waals surface area contributed by atoms with Gasteiger partial charge in [-0.3, -0.25) is 4.98 Å². The Labute approximate surface area is 125 Å². The molecule has 1 atom stereocenters. The van der Waals surface area contributed by atoms with Crippen LogP contribution in [0, 0.1) is 5.92 Å². The van der Waals surface area contributed by atoms with Crippen molar-refractivity contribution in [2.75, 3.05) is 0 Å². The molecule has 1 aromatic carbocycles. The molecule has 0 unspecified atom stereocenters. The van der Waals surface area contributed by atoms with Gasteiger partial charge in [-0.15, -0.1) is 0 Å². The Morgan fingerprint density at radius 3 is 2.67 bits per heavy atom. The zero-order valence-corrected chi connectivity index (χ0v) is 12.2. The van der Waals surface area contributed by atoms with Gasteiger partial charge in [-0.1, -0.05) is 36.8 Å². The molecule has 3 heteroatoms. The molecule has 0 radical (unpaired) electrons. The van der Waals surface area contributed by atoms with E-state index in [0.29, 0.717) is 11.5 Å². The number of hydrogen-bond donors (Lipinski definition) is 0. The third-order valence-corrected chi connectivity index (χ3v) is 4.23. The first kappa shape index (κ1) is 13.8. The van der Waals surface area contributed by atoms with Crippen molar-refractivity contribution in [3.63, 3.8) is 0 Å². The molecule has 1 fully saturated rings. The predicted octanol–water partition coefficient (Wildman–Crippen LogP) is 4.09. The number of esters is 1. The lowest BCUT2D eigenvalue weighted by atomic mass is 9.82. The number of pyridine rings is 1. The third-order valence-electron chi connectivity index (χ3n) is 4.23. The molecule has 0 aliphatic heterocycles. The molecule has 21 heavy (non-hydrogen) atoms. The first-order chi connectivity index (χ1) is 10.3. The summed E-state index contributed by atoms with van der Waals surface area (Å²) >= 11 is 0. The lowest BCUT2D eigenvalue weighted by Gasteiger charge is -2.31. The molecule has 3 nitrogen and oxygen atoms in total. The van der Waals surface area contributed by atoms with Gasteiger partial charge in [-0.2, -0.15) is 0 Å².